The molecule has 0 aromatic heterocycles. The Labute approximate surface area is 211 Å². The van der Waals surface area contributed by atoms with Crippen LogP contribution in [0.3, 0.4) is 0 Å². The van der Waals surface area contributed by atoms with Crippen LogP contribution in [0.15, 0.2) is 91.0 Å². The molecule has 4 heteroatoms. The van der Waals surface area contributed by atoms with Crippen molar-refractivity contribution >= 4 is 6.08 Å². The van der Waals surface area contributed by atoms with Crippen molar-refractivity contribution in [3.05, 3.63) is 113 Å². The molecule has 3 aromatic carbocycles. The summed E-state index contributed by atoms with van der Waals surface area (Å²) in [5.74, 6) is 0. The molecule has 0 saturated carbocycles. The van der Waals surface area contributed by atoms with Crippen LogP contribution in [0.25, 0.3) is 6.08 Å². The first-order valence-electron chi connectivity index (χ1n) is 9.56. The third-order valence-electron chi connectivity index (χ3n) is 6.03. The summed E-state index contributed by atoms with van der Waals surface area (Å²) in [5.41, 5.74) is 5.27. The Kier molecular flexibility index (Phi) is 9.07. The number of halogens is 3. The van der Waals surface area contributed by atoms with E-state index in [1.807, 2.05) is 0 Å². The molecule has 0 nitrogen and oxygen atoms in total. The van der Waals surface area contributed by atoms with E-state index < -0.39 is 0 Å². The minimum Gasteiger partial charge on any atom is -1.00 e. The second kappa shape index (κ2) is 10.1. The minimum atomic E-state index is -0.203. The number of benzene rings is 3. The molecule has 0 N–H and O–H groups in total. The van der Waals surface area contributed by atoms with E-state index in [9.17, 15) is 0 Å². The van der Waals surface area contributed by atoms with Gasteiger partial charge in [0.25, 0.3) is 0 Å². The van der Waals surface area contributed by atoms with Crippen LogP contribution in [0.1, 0.15) is 43.0 Å². The summed E-state index contributed by atoms with van der Waals surface area (Å²) in [5, 5.41) is 0. The summed E-state index contributed by atoms with van der Waals surface area (Å²) >= 11 is 2.42. The minimum absolute atomic E-state index is 0. The second-order valence-electron chi connectivity index (χ2n) is 8.46. The topological polar surface area (TPSA) is 0 Å². The van der Waals surface area contributed by atoms with Crippen molar-refractivity contribution < 1.29 is 57.7 Å². The summed E-state index contributed by atoms with van der Waals surface area (Å²) in [6.45, 7) is 7.15. The Morgan fingerprint density at radius 2 is 1.07 bits per heavy atom. The van der Waals surface area contributed by atoms with Gasteiger partial charge in [0, 0.05) is 0 Å². The van der Waals surface area contributed by atoms with E-state index >= 15 is 0 Å². The second-order valence-corrected chi connectivity index (χ2v) is 9.69. The van der Waals surface area contributed by atoms with E-state index in [0.29, 0.717) is 0 Å². The molecule has 0 bridgehead atoms. The first-order chi connectivity index (χ1) is 12.9. The molecule has 0 spiro atoms. The first kappa shape index (κ1) is 27.0. The van der Waals surface area contributed by atoms with E-state index in [1.165, 1.54) is 22.3 Å². The summed E-state index contributed by atoms with van der Waals surface area (Å²) in [4.78, 5) is 0. The van der Waals surface area contributed by atoms with Crippen molar-refractivity contribution in [2.24, 2.45) is 5.41 Å². The van der Waals surface area contributed by atoms with Crippen molar-refractivity contribution in [1.29, 1.82) is 0 Å². The van der Waals surface area contributed by atoms with Crippen molar-refractivity contribution in [2.45, 2.75) is 29.9 Å². The molecular weight excluding hydrogens is 467 g/mol. The molecule has 1 atom stereocenters. The fraction of sp³-hybridized carbons (Fsp3) is 0.231. The normalized spacial score (nSPS) is 17.2. The van der Waals surface area contributed by atoms with Crippen molar-refractivity contribution in [3.8, 4) is 0 Å². The van der Waals surface area contributed by atoms with E-state index in [0.717, 1.165) is 0 Å². The van der Waals surface area contributed by atoms with Gasteiger partial charge in [-0.2, -0.15) is 0 Å². The maximum absolute atomic E-state index is 2.43. The van der Waals surface area contributed by atoms with Gasteiger partial charge in [-0.3, -0.25) is 0 Å². The van der Waals surface area contributed by atoms with Gasteiger partial charge in [0.15, 0.2) is 0 Å². The van der Waals surface area contributed by atoms with Gasteiger partial charge in [-0.25, -0.2) is 0 Å². The van der Waals surface area contributed by atoms with Gasteiger partial charge in [-0.05, 0) is 0 Å². The van der Waals surface area contributed by atoms with Crippen LogP contribution in [0, 0.1) is 5.41 Å². The Morgan fingerprint density at radius 1 is 0.633 bits per heavy atom. The first-order valence-corrected chi connectivity index (χ1v) is 10.3. The monoisotopic (exact) mass is 490 g/mol. The van der Waals surface area contributed by atoms with Crippen LogP contribution >= 0.6 is 0 Å². The van der Waals surface area contributed by atoms with Gasteiger partial charge in [-0.15, -0.1) is 0 Å². The average Bonchev–Trinajstić information content (AvgIpc) is 3.01. The molecule has 0 saturated heterocycles. The summed E-state index contributed by atoms with van der Waals surface area (Å²) in [7, 11) is 0. The van der Waals surface area contributed by atoms with E-state index in [4.69, 9.17) is 0 Å². The third-order valence-corrected chi connectivity index (χ3v) is 7.30. The van der Waals surface area contributed by atoms with Crippen LogP contribution in [0.5, 0.6) is 0 Å². The van der Waals surface area contributed by atoms with Crippen LogP contribution < -0.4 is 37.2 Å². The standard InChI is InChI=1S/C26H25.3ClH.Ti/c1-25(2,3)26(21-13-6-4-7-14-21,22-15-8-5-9-16-22)24-19-18-20-12-10-11-17-23(20)24;;;;/h4-19H,1-3H3;3*1H;/q;;;;+3/p-3. The number of hydrogen-bond acceptors (Lipinski definition) is 0. The molecule has 0 aliphatic heterocycles. The largest absolute Gasteiger partial charge is 1.00 e. The van der Waals surface area contributed by atoms with Gasteiger partial charge in [-0.1, -0.05) is 0 Å². The average molecular weight is 492 g/mol. The van der Waals surface area contributed by atoms with E-state index in [2.05, 4.69) is 138 Å². The molecule has 3 aromatic rings. The Bertz CT molecular complexity index is 938. The summed E-state index contributed by atoms with van der Waals surface area (Å²) in [6.07, 6.45) is 4.74. The predicted octanol–water partition coefficient (Wildman–Crippen LogP) is -2.50. The fourth-order valence-electron chi connectivity index (χ4n) is 5.09. The van der Waals surface area contributed by atoms with Crippen LogP contribution in [-0.4, -0.2) is 0 Å². The molecule has 30 heavy (non-hydrogen) atoms. The quantitative estimate of drug-likeness (QED) is 0.356. The number of hydrogen-bond donors (Lipinski definition) is 0. The zero-order valence-electron chi connectivity index (χ0n) is 17.4. The van der Waals surface area contributed by atoms with Crippen molar-refractivity contribution in [3.63, 3.8) is 0 Å². The molecule has 0 amide bonds. The third kappa shape index (κ3) is 3.94. The SMILES string of the molecule is CC(C)(C)C(c1ccccc1)(c1ccccc1)[C]1([Ti+3])C=Cc2ccccc21.[Cl-].[Cl-].[Cl-]. The van der Waals surface area contributed by atoms with Crippen LogP contribution in [0.2, 0.25) is 0 Å². The zero-order valence-corrected chi connectivity index (χ0v) is 21.2. The van der Waals surface area contributed by atoms with E-state index in [-0.39, 0.29) is 51.8 Å². The molecule has 0 radical (unpaired) electrons. The van der Waals surface area contributed by atoms with Gasteiger partial charge in [0.2, 0.25) is 0 Å². The molecule has 4 rings (SSSR count). The maximum Gasteiger partial charge on any atom is -1.00 e. The molecule has 0 heterocycles. The van der Waals surface area contributed by atoms with Gasteiger partial charge in [0.1, 0.15) is 0 Å². The zero-order chi connectivity index (χ0) is 19.1. The number of rotatable bonds is 3. The number of allylic oxidation sites excluding steroid dienone is 1. The van der Waals surface area contributed by atoms with Gasteiger partial charge >= 0.3 is 175 Å². The Hall–Kier alpha value is -1.02. The smallest absolute Gasteiger partial charge is 1.00 e. The van der Waals surface area contributed by atoms with Crippen molar-refractivity contribution in [2.75, 3.05) is 0 Å². The summed E-state index contributed by atoms with van der Waals surface area (Å²) in [6, 6.07) is 31.0. The van der Waals surface area contributed by atoms with Crippen molar-refractivity contribution in [1.82, 2.24) is 0 Å². The Balaban J connectivity index is 0.00000150. The van der Waals surface area contributed by atoms with Crippen LogP contribution in [-0.2, 0) is 29.6 Å². The molecule has 1 unspecified atom stereocenters. The fourth-order valence-corrected chi connectivity index (χ4v) is 6.61. The molecular formula is C26H25Cl3Ti. The molecule has 1 aliphatic carbocycles. The maximum atomic E-state index is 2.43. The van der Waals surface area contributed by atoms with Gasteiger partial charge in [0.05, 0.1) is 0 Å². The number of fused-ring (bicyclic) bond motifs is 1. The predicted molar refractivity (Wildman–Crippen MR) is 110 cm³/mol. The van der Waals surface area contributed by atoms with E-state index in [1.54, 1.807) is 0 Å². The molecule has 1 aliphatic rings. The molecule has 0 fully saturated rings. The molecule has 154 valence electrons. The van der Waals surface area contributed by atoms with Gasteiger partial charge < -0.3 is 37.2 Å². The summed E-state index contributed by atoms with van der Waals surface area (Å²) < 4.78 is -0.148. The Morgan fingerprint density at radius 3 is 1.53 bits per heavy atom. The van der Waals surface area contributed by atoms with Crippen LogP contribution in [0.4, 0.5) is 0 Å².